The summed E-state index contributed by atoms with van der Waals surface area (Å²) < 4.78 is 6.34. The third-order valence-electron chi connectivity index (χ3n) is 3.02. The lowest BCUT2D eigenvalue weighted by atomic mass is 10.2. The molecule has 100 valence electrons. The lowest BCUT2D eigenvalue weighted by Crippen LogP contribution is -1.96. The summed E-state index contributed by atoms with van der Waals surface area (Å²) in [4.78, 5) is 4.59. The Morgan fingerprint density at radius 2 is 1.90 bits per heavy atom. The molecule has 3 aromatic rings. The van der Waals surface area contributed by atoms with Gasteiger partial charge in [-0.15, -0.1) is 0 Å². The highest BCUT2D eigenvalue weighted by molar-refractivity contribution is 9.10. The number of fused-ring (bicyclic) bond motifs is 1. The smallest absolute Gasteiger partial charge is 0.143 e. The van der Waals surface area contributed by atoms with E-state index in [-0.39, 0.29) is 0 Å². The van der Waals surface area contributed by atoms with Crippen molar-refractivity contribution in [1.82, 2.24) is 4.98 Å². The fourth-order valence-corrected chi connectivity index (χ4v) is 2.38. The number of pyridine rings is 1. The van der Waals surface area contributed by atoms with E-state index in [0.29, 0.717) is 0 Å². The number of rotatable bonds is 3. The Kier molecular flexibility index (Phi) is 3.56. The van der Waals surface area contributed by atoms with Crippen molar-refractivity contribution in [3.63, 3.8) is 0 Å². The highest BCUT2D eigenvalue weighted by atomic mass is 79.9. The molecule has 0 saturated heterocycles. The molecular weight excluding hydrogens is 316 g/mol. The van der Waals surface area contributed by atoms with Gasteiger partial charge in [0.2, 0.25) is 0 Å². The molecule has 1 N–H and O–H groups in total. The van der Waals surface area contributed by atoms with Crippen LogP contribution in [0.25, 0.3) is 10.9 Å². The van der Waals surface area contributed by atoms with Crippen LogP contribution in [-0.4, -0.2) is 12.1 Å². The summed E-state index contributed by atoms with van der Waals surface area (Å²) in [6.07, 6.45) is 0. The molecule has 0 aliphatic carbocycles. The Hall–Kier alpha value is -2.07. The van der Waals surface area contributed by atoms with Crippen molar-refractivity contribution in [2.24, 2.45) is 0 Å². The molecule has 1 aromatic heterocycles. The summed E-state index contributed by atoms with van der Waals surface area (Å²) in [5.74, 6) is 1.57. The van der Waals surface area contributed by atoms with Gasteiger partial charge in [0.25, 0.3) is 0 Å². The van der Waals surface area contributed by atoms with E-state index < -0.39 is 0 Å². The molecule has 2 aromatic carbocycles. The van der Waals surface area contributed by atoms with Crippen LogP contribution in [0.3, 0.4) is 0 Å². The van der Waals surface area contributed by atoms with E-state index in [1.165, 1.54) is 0 Å². The lowest BCUT2D eigenvalue weighted by Gasteiger charge is -2.11. The predicted octanol–water partition coefficient (Wildman–Crippen LogP) is 4.75. The molecule has 0 atom stereocenters. The van der Waals surface area contributed by atoms with Crippen molar-refractivity contribution in [2.45, 2.75) is 0 Å². The van der Waals surface area contributed by atoms with Gasteiger partial charge in [0.1, 0.15) is 11.6 Å². The molecule has 3 rings (SSSR count). The second kappa shape index (κ2) is 5.51. The first-order valence-electron chi connectivity index (χ1n) is 6.22. The molecule has 20 heavy (non-hydrogen) atoms. The molecule has 0 aliphatic heterocycles. The maximum absolute atomic E-state index is 5.37. The van der Waals surface area contributed by atoms with E-state index in [0.717, 1.165) is 32.6 Å². The van der Waals surface area contributed by atoms with Crippen LogP contribution in [0.1, 0.15) is 0 Å². The largest absolute Gasteiger partial charge is 0.495 e. The van der Waals surface area contributed by atoms with Gasteiger partial charge in [-0.1, -0.05) is 34.1 Å². The highest BCUT2D eigenvalue weighted by Gasteiger charge is 2.05. The van der Waals surface area contributed by atoms with Crippen LogP contribution in [0.2, 0.25) is 0 Å². The van der Waals surface area contributed by atoms with Crippen molar-refractivity contribution >= 4 is 38.3 Å². The monoisotopic (exact) mass is 328 g/mol. The number of benzene rings is 2. The van der Waals surface area contributed by atoms with Crippen LogP contribution in [0.15, 0.2) is 59.1 Å². The Bertz CT molecular complexity index is 758. The first kappa shape index (κ1) is 12.9. The summed E-state index contributed by atoms with van der Waals surface area (Å²) >= 11 is 3.43. The average molecular weight is 329 g/mol. The Morgan fingerprint density at radius 3 is 2.75 bits per heavy atom. The summed E-state index contributed by atoms with van der Waals surface area (Å²) in [5, 5.41) is 4.41. The molecule has 0 saturated carbocycles. The van der Waals surface area contributed by atoms with Gasteiger partial charge < -0.3 is 10.1 Å². The highest BCUT2D eigenvalue weighted by Crippen LogP contribution is 2.30. The van der Waals surface area contributed by atoms with Gasteiger partial charge >= 0.3 is 0 Å². The topological polar surface area (TPSA) is 34.1 Å². The van der Waals surface area contributed by atoms with Crippen molar-refractivity contribution in [2.75, 3.05) is 12.4 Å². The maximum Gasteiger partial charge on any atom is 0.143 e. The predicted molar refractivity (Wildman–Crippen MR) is 85.7 cm³/mol. The lowest BCUT2D eigenvalue weighted by molar-refractivity contribution is 0.416. The number of para-hydroxylation sites is 1. The van der Waals surface area contributed by atoms with Gasteiger partial charge in [0.05, 0.1) is 18.3 Å². The summed E-state index contributed by atoms with van der Waals surface area (Å²) in [6, 6.07) is 17.9. The molecule has 1 heterocycles. The van der Waals surface area contributed by atoms with Gasteiger partial charge in [0, 0.05) is 9.86 Å². The van der Waals surface area contributed by atoms with Crippen LogP contribution in [0.4, 0.5) is 11.5 Å². The summed E-state index contributed by atoms with van der Waals surface area (Å²) in [5.41, 5.74) is 1.85. The number of halogens is 1. The first-order valence-corrected chi connectivity index (χ1v) is 7.02. The van der Waals surface area contributed by atoms with Gasteiger partial charge in [-0.25, -0.2) is 4.98 Å². The van der Waals surface area contributed by atoms with Crippen molar-refractivity contribution in [3.05, 3.63) is 59.1 Å². The number of hydrogen-bond donors (Lipinski definition) is 1. The minimum absolute atomic E-state index is 0.773. The Balaban J connectivity index is 1.96. The van der Waals surface area contributed by atoms with E-state index in [2.05, 4.69) is 32.3 Å². The second-order valence-electron chi connectivity index (χ2n) is 4.36. The standard InChI is InChI=1S/C16H13BrN2O/c1-20-15-10-12(17)7-8-14(15)19-16-9-6-11-4-2-3-5-13(11)18-16/h2-10H,1H3,(H,18,19). The zero-order valence-corrected chi connectivity index (χ0v) is 12.5. The van der Waals surface area contributed by atoms with Gasteiger partial charge in [0.15, 0.2) is 0 Å². The van der Waals surface area contributed by atoms with Crippen LogP contribution < -0.4 is 10.1 Å². The van der Waals surface area contributed by atoms with E-state index in [1.54, 1.807) is 7.11 Å². The number of nitrogens with zero attached hydrogens (tertiary/aromatic N) is 1. The molecule has 0 spiro atoms. The van der Waals surface area contributed by atoms with Crippen LogP contribution >= 0.6 is 15.9 Å². The van der Waals surface area contributed by atoms with Crippen molar-refractivity contribution in [3.8, 4) is 5.75 Å². The number of aromatic nitrogens is 1. The van der Waals surface area contributed by atoms with Crippen molar-refractivity contribution < 1.29 is 4.74 Å². The SMILES string of the molecule is COc1cc(Br)ccc1Nc1ccc2ccccc2n1. The minimum Gasteiger partial charge on any atom is -0.495 e. The number of anilines is 2. The number of nitrogens with one attached hydrogen (secondary N) is 1. The summed E-state index contributed by atoms with van der Waals surface area (Å²) in [6.45, 7) is 0. The fraction of sp³-hybridized carbons (Fsp3) is 0.0625. The zero-order valence-electron chi connectivity index (χ0n) is 10.9. The fourth-order valence-electron chi connectivity index (χ4n) is 2.04. The zero-order chi connectivity index (χ0) is 13.9. The van der Waals surface area contributed by atoms with Gasteiger partial charge in [-0.05, 0) is 36.4 Å². The van der Waals surface area contributed by atoms with Gasteiger partial charge in [-0.3, -0.25) is 0 Å². The number of methoxy groups -OCH3 is 1. The molecule has 0 bridgehead atoms. The van der Waals surface area contributed by atoms with Crippen LogP contribution in [-0.2, 0) is 0 Å². The third-order valence-corrected chi connectivity index (χ3v) is 3.52. The van der Waals surface area contributed by atoms with E-state index in [4.69, 9.17) is 4.74 Å². The molecular formula is C16H13BrN2O. The molecule has 0 amide bonds. The Labute approximate surface area is 125 Å². The second-order valence-corrected chi connectivity index (χ2v) is 5.27. The minimum atomic E-state index is 0.773. The molecule has 3 nitrogen and oxygen atoms in total. The Morgan fingerprint density at radius 1 is 1.05 bits per heavy atom. The first-order chi connectivity index (χ1) is 9.76. The summed E-state index contributed by atoms with van der Waals surface area (Å²) in [7, 11) is 1.65. The number of ether oxygens (including phenoxy) is 1. The van der Waals surface area contributed by atoms with Crippen LogP contribution in [0, 0.1) is 0 Å². The van der Waals surface area contributed by atoms with Crippen molar-refractivity contribution in [1.29, 1.82) is 0 Å². The van der Waals surface area contributed by atoms with E-state index >= 15 is 0 Å². The van der Waals surface area contributed by atoms with E-state index in [9.17, 15) is 0 Å². The normalized spacial score (nSPS) is 10.5. The molecule has 0 fully saturated rings. The van der Waals surface area contributed by atoms with Gasteiger partial charge in [-0.2, -0.15) is 0 Å². The molecule has 4 heteroatoms. The third kappa shape index (κ3) is 2.60. The molecule has 0 radical (unpaired) electrons. The maximum atomic E-state index is 5.37. The average Bonchev–Trinajstić information content (AvgIpc) is 2.49. The molecule has 0 aliphatic rings. The van der Waals surface area contributed by atoms with Crippen LogP contribution in [0.5, 0.6) is 5.75 Å². The van der Waals surface area contributed by atoms with E-state index in [1.807, 2.05) is 48.5 Å². The number of hydrogen-bond acceptors (Lipinski definition) is 3. The molecule has 0 unspecified atom stereocenters. The quantitative estimate of drug-likeness (QED) is 0.753.